The summed E-state index contributed by atoms with van der Waals surface area (Å²) in [4.78, 5) is 165. The molecule has 110 heavy (non-hydrogen) atoms. The number of nitrogens with zero attached hydrogens (tertiary/aromatic N) is 4. The lowest BCUT2D eigenvalue weighted by Crippen LogP contribution is -2.60. The number of hydrogen-bond acceptors (Lipinski definition) is 24. The van der Waals surface area contributed by atoms with Crippen LogP contribution >= 0.6 is 11.8 Å². The molecule has 11 amide bonds. The number of nitrogens with one attached hydrogen (secondary N) is 12. The van der Waals surface area contributed by atoms with Crippen molar-refractivity contribution in [3.63, 3.8) is 0 Å². The second-order valence-corrected chi connectivity index (χ2v) is 32.4. The molecule has 1 aromatic carbocycles. The number of amides is 11. The number of ether oxygens (including phenoxy) is 5. The highest BCUT2D eigenvalue weighted by molar-refractivity contribution is 7.99. The number of aliphatic hydroxyl groups is 1. The van der Waals surface area contributed by atoms with Crippen molar-refractivity contribution in [3.8, 4) is 6.01 Å². The first kappa shape index (κ1) is 94.9. The summed E-state index contributed by atoms with van der Waals surface area (Å²) in [5, 5.41) is 54.3. The van der Waals surface area contributed by atoms with Gasteiger partial charge in [0.2, 0.25) is 41.4 Å². The van der Waals surface area contributed by atoms with Gasteiger partial charge in [0.15, 0.2) is 17.0 Å². The topological polar surface area (TPSA) is 488 Å². The molecule has 16 N–H and O–H groups in total. The number of alkyl carbamates (subject to hydrolysis) is 5. The van der Waals surface area contributed by atoms with Crippen molar-refractivity contribution in [3.05, 3.63) is 43.2 Å². The Labute approximate surface area is 650 Å². The monoisotopic (exact) mass is 1570 g/mol. The maximum atomic E-state index is 15.2. The fourth-order valence-corrected chi connectivity index (χ4v) is 10.9. The van der Waals surface area contributed by atoms with Crippen molar-refractivity contribution >= 4 is 106 Å². The number of imidazole rings is 1. The number of thioether (sulfide) groups is 1. The van der Waals surface area contributed by atoms with E-state index in [-0.39, 0.29) is 138 Å². The summed E-state index contributed by atoms with van der Waals surface area (Å²) in [6.07, 6.45) is 1.02. The maximum Gasteiger partial charge on any atom is 0.408 e. The quantitative estimate of drug-likeness (QED) is 0.0197. The molecule has 35 nitrogen and oxygen atoms in total. The van der Waals surface area contributed by atoms with E-state index in [9.17, 15) is 53.4 Å². The molecule has 0 fully saturated rings. The molecule has 0 saturated carbocycles. The van der Waals surface area contributed by atoms with Gasteiger partial charge in [0, 0.05) is 44.2 Å². The average molecular weight is 1570 g/mol. The fraction of sp³-hybridized carbons (Fsp3) is 0.676. The van der Waals surface area contributed by atoms with E-state index in [1.807, 2.05) is 6.92 Å². The lowest BCUT2D eigenvalue weighted by atomic mass is 10.0. The minimum Gasteiger partial charge on any atom is -0.480 e. The highest BCUT2D eigenvalue weighted by Crippen LogP contribution is 2.26. The van der Waals surface area contributed by atoms with Crippen LogP contribution in [0.4, 0.5) is 41.4 Å². The van der Waals surface area contributed by atoms with Crippen LogP contribution in [0.1, 0.15) is 206 Å². The van der Waals surface area contributed by atoms with Gasteiger partial charge < -0.3 is 103 Å². The molecule has 3 aromatic rings. The van der Waals surface area contributed by atoms with Crippen LogP contribution in [0.25, 0.3) is 11.2 Å². The molecule has 0 aliphatic carbocycles. The molecule has 618 valence electrons. The van der Waals surface area contributed by atoms with Crippen molar-refractivity contribution in [2.45, 2.75) is 271 Å². The largest absolute Gasteiger partial charge is 0.480 e. The van der Waals surface area contributed by atoms with Crippen LogP contribution in [0, 0.1) is 13.3 Å². The lowest BCUT2D eigenvalue weighted by Gasteiger charge is -2.28. The Kier molecular flexibility index (Phi) is 40.0. The molecule has 0 bridgehead atoms. The van der Waals surface area contributed by atoms with Crippen molar-refractivity contribution in [2.75, 3.05) is 67.2 Å². The summed E-state index contributed by atoms with van der Waals surface area (Å²) in [7, 11) is 0. The number of fused-ring (bicyclic) bond motifs is 1. The van der Waals surface area contributed by atoms with Gasteiger partial charge in [0.1, 0.15) is 64.3 Å². The number of hydrogen-bond donors (Lipinski definition) is 15. The first-order chi connectivity index (χ1) is 51.4. The number of rotatable bonds is 44. The molecule has 0 aliphatic heterocycles. The molecule has 2 heterocycles. The molecule has 2 radical (unpaired) electrons. The molecule has 3 rings (SSSR count). The smallest absolute Gasteiger partial charge is 0.408 e. The Morgan fingerprint density at radius 3 is 1.22 bits per heavy atom. The number of nitrogens with two attached hydrogens (primary N) is 1. The van der Waals surface area contributed by atoms with Crippen molar-refractivity contribution in [1.82, 2.24) is 72.7 Å². The van der Waals surface area contributed by atoms with Crippen molar-refractivity contribution in [2.24, 2.45) is 0 Å². The number of nitrogen functional groups attached to an aromatic ring is 1. The van der Waals surface area contributed by atoms with Crippen LogP contribution in [0.3, 0.4) is 0 Å². The Morgan fingerprint density at radius 2 is 0.845 bits per heavy atom. The van der Waals surface area contributed by atoms with Crippen LogP contribution in [0.15, 0.2) is 24.3 Å². The molecule has 0 spiro atoms. The molecule has 0 aliphatic rings. The van der Waals surface area contributed by atoms with Gasteiger partial charge in [-0.2, -0.15) is 26.7 Å². The molecule has 0 unspecified atom stereocenters. The normalized spacial score (nSPS) is 13.4. The maximum absolute atomic E-state index is 15.2. The summed E-state index contributed by atoms with van der Waals surface area (Å²) < 4.78 is 28.4. The standard InChI is InChI=1S/C74H123N17O18S/c1-18-20-37-76-63-89-55(75)54-56(90-63)91(64(99)88-54)43-46-33-35-47(36-34-46)81-57(93)48(29-21-25-38-77-65(100)105-70(3,4)5)82-58(94)49(30-22-26-39-78-66(101)106-71(6,7)8)83-59(95)50(31-23-27-40-79-67(102)107-72(9,10)11)84-60(96)51(32-24-28-41-80-68(103)108-73(12,13)14)85-61(97)52(44-92)86-62(98)53(45-110-42-19-2)87-69(104)109-74(15,16)17/h19,33-36,48-53,92H,2,18,20-32,37-45H2,1,3-17H3,(H,77,100)(H,78,101)(H,79,102)(H,80,103)(H,81,93)(H,82,94)(H,83,95)(H,84,96)(H,85,97)(H,86,98)(H,87,104)(H,88,99)(H3,75,76,89,90)/t48-,49-,50-,51-,52-,53-/m0/s1. The Bertz CT molecular complexity index is 3460. The number of aromatic nitrogens is 4. The average Bonchev–Trinajstić information content (AvgIpc) is 1.63. The van der Waals surface area contributed by atoms with Crippen molar-refractivity contribution in [1.29, 1.82) is 0 Å². The third-order valence-electron chi connectivity index (χ3n) is 15.2. The van der Waals surface area contributed by atoms with Gasteiger partial charge in [0.25, 0.3) is 6.01 Å². The van der Waals surface area contributed by atoms with E-state index in [1.54, 1.807) is 135 Å². The molecular formula is C74H123N17O18S. The minimum atomic E-state index is -1.71. The van der Waals surface area contributed by atoms with E-state index >= 15 is 9.59 Å². The second kappa shape index (κ2) is 46.3. The summed E-state index contributed by atoms with van der Waals surface area (Å²) in [6, 6.07) is -2.51. The van der Waals surface area contributed by atoms with E-state index in [1.165, 1.54) is 16.3 Å². The van der Waals surface area contributed by atoms with Gasteiger partial charge in [-0.1, -0.05) is 25.5 Å². The van der Waals surface area contributed by atoms with E-state index in [4.69, 9.17) is 29.4 Å². The summed E-state index contributed by atoms with van der Waals surface area (Å²) in [6.45, 7) is 31.0. The highest BCUT2D eigenvalue weighted by Gasteiger charge is 2.35. The Balaban J connectivity index is 2.13. The van der Waals surface area contributed by atoms with E-state index in [0.29, 0.717) is 30.0 Å². The van der Waals surface area contributed by atoms with Crippen LogP contribution in [0.5, 0.6) is 6.01 Å². The molecular weight excluding hydrogens is 1450 g/mol. The molecule has 36 heteroatoms. The fourth-order valence-electron chi connectivity index (χ4n) is 10.2. The van der Waals surface area contributed by atoms with Crippen LogP contribution in [-0.2, 0) is 59.0 Å². The number of aliphatic hydroxyl groups excluding tert-OH is 1. The van der Waals surface area contributed by atoms with E-state index in [2.05, 4.69) is 85.7 Å². The number of carbonyl (C=O) groups is 11. The zero-order valence-corrected chi connectivity index (χ0v) is 67.8. The zero-order valence-electron chi connectivity index (χ0n) is 67.0. The number of unbranched alkanes of at least 4 members (excludes halogenated alkanes) is 5. The van der Waals surface area contributed by atoms with E-state index in [0.717, 1.165) is 12.8 Å². The number of aromatic hydroxyl groups is 1. The molecule has 6 atom stereocenters. The molecule has 2 aromatic heterocycles. The van der Waals surface area contributed by atoms with Gasteiger partial charge in [-0.25, -0.2) is 24.0 Å². The lowest BCUT2D eigenvalue weighted by molar-refractivity contribution is -0.135. The summed E-state index contributed by atoms with van der Waals surface area (Å²) in [5.41, 5.74) is 3.50. The minimum absolute atomic E-state index is 0.00124. The first-order valence-corrected chi connectivity index (χ1v) is 38.6. The number of carbonyl (C=O) groups excluding carboxylic acids is 11. The van der Waals surface area contributed by atoms with Crippen LogP contribution in [-0.4, -0.2) is 211 Å². The third kappa shape index (κ3) is 39.8. The predicted molar refractivity (Wildman–Crippen MR) is 418 cm³/mol. The van der Waals surface area contributed by atoms with Gasteiger partial charge >= 0.3 is 30.5 Å². The zero-order chi connectivity index (χ0) is 82.6. The number of benzene rings is 1. The Morgan fingerprint density at radius 1 is 0.482 bits per heavy atom. The molecule has 0 saturated heterocycles. The van der Waals surface area contributed by atoms with Gasteiger partial charge in [-0.3, -0.25) is 33.3 Å². The highest BCUT2D eigenvalue weighted by atomic mass is 32.2. The van der Waals surface area contributed by atoms with Gasteiger partial charge in [-0.15, -0.1) is 0 Å². The SMILES string of the molecule is [CH2][CH]CSC[C@H](NC(=O)OC(C)(C)C)C(=O)N[C@@H](CO)C(=O)N[C@@H](CCCCNC(=O)OC(C)(C)C)C(=O)N[C@@H](CCCCNC(=O)OC(C)(C)C)C(=O)N[C@@H](CCCCNC(=O)OC(C)(C)C)C(=O)N[C@@H](CCCCNC(=O)OC(C)(C)C)C(=O)Nc1ccc(Cn2c(O)nc3c(N)nc(NCCCC)nc32)cc1. The van der Waals surface area contributed by atoms with Crippen LogP contribution in [0.2, 0.25) is 0 Å². The van der Waals surface area contributed by atoms with E-state index < -0.39 is 137 Å². The second-order valence-electron chi connectivity index (χ2n) is 31.3. The predicted octanol–water partition coefficient (Wildman–Crippen LogP) is 7.17. The third-order valence-corrected chi connectivity index (χ3v) is 16.2. The Hall–Kier alpha value is -9.35. The van der Waals surface area contributed by atoms with Gasteiger partial charge in [-0.05, 0) is 224 Å². The summed E-state index contributed by atoms with van der Waals surface area (Å²) in [5.74, 6) is -4.57. The number of anilines is 3. The summed E-state index contributed by atoms with van der Waals surface area (Å²) >= 11 is 1.23. The van der Waals surface area contributed by atoms with Crippen LogP contribution < -0.4 is 69.5 Å². The van der Waals surface area contributed by atoms with Gasteiger partial charge in [0.05, 0.1) is 13.2 Å². The van der Waals surface area contributed by atoms with Crippen molar-refractivity contribution < 1.29 is 86.6 Å². The first-order valence-electron chi connectivity index (χ1n) is 37.4.